The fourth-order valence-corrected chi connectivity index (χ4v) is 2.90. The lowest BCUT2D eigenvalue weighted by Crippen LogP contribution is -2.19. The third-order valence-corrected chi connectivity index (χ3v) is 4.66. The monoisotopic (exact) mass is 380 g/mol. The van der Waals surface area contributed by atoms with Crippen molar-refractivity contribution in [2.75, 3.05) is 5.32 Å². The molecule has 2 aromatic rings. The van der Waals surface area contributed by atoms with Crippen LogP contribution < -0.4 is 5.32 Å². The molecular weight excluding hydrogens is 373 g/mol. The lowest BCUT2D eigenvalue weighted by Gasteiger charge is -2.11. The van der Waals surface area contributed by atoms with E-state index >= 15 is 0 Å². The molecule has 0 aliphatic rings. The summed E-state index contributed by atoms with van der Waals surface area (Å²) in [5.41, 5.74) is -0.570. The van der Waals surface area contributed by atoms with Crippen molar-refractivity contribution in [3.63, 3.8) is 0 Å². The Morgan fingerprint density at radius 1 is 1.13 bits per heavy atom. The molecule has 1 aromatic carbocycles. The molecule has 1 aromatic heterocycles. The molecule has 0 radical (unpaired) electrons. The van der Waals surface area contributed by atoms with Gasteiger partial charge in [-0.3, -0.25) is 4.79 Å². The summed E-state index contributed by atoms with van der Waals surface area (Å²) in [7, 11) is -4.88. The number of hydrogen-bond acceptors (Lipinski definition) is 4. The van der Waals surface area contributed by atoms with Gasteiger partial charge in [0.05, 0.1) is 15.6 Å². The molecule has 0 saturated carbocycles. The van der Waals surface area contributed by atoms with Crippen LogP contribution in [0.4, 0.5) is 14.5 Å². The summed E-state index contributed by atoms with van der Waals surface area (Å²) in [4.78, 5) is 15.1. The molecule has 0 saturated heterocycles. The predicted octanol–water partition coefficient (Wildman–Crippen LogP) is 3.64. The minimum atomic E-state index is -4.88. The highest BCUT2D eigenvalue weighted by Gasteiger charge is 2.29. The molecule has 0 aliphatic heterocycles. The Balaban J connectivity index is 2.42. The lowest BCUT2D eigenvalue weighted by atomic mass is 10.3. The molecule has 0 spiro atoms. The van der Waals surface area contributed by atoms with Crippen LogP contribution in [0.15, 0.2) is 41.3 Å². The average Bonchev–Trinajstić information content (AvgIpc) is 2.49. The highest BCUT2D eigenvalue weighted by Crippen LogP contribution is 2.27. The fraction of sp³-hybridized carbons (Fsp3) is 0.0769. The van der Waals surface area contributed by atoms with E-state index in [1.54, 1.807) is 0 Å². The number of rotatable bonds is 4. The molecule has 0 aliphatic carbocycles. The van der Waals surface area contributed by atoms with Crippen LogP contribution in [0, 0.1) is 0 Å². The van der Waals surface area contributed by atoms with Gasteiger partial charge in [0.2, 0.25) is 9.84 Å². The number of sulfone groups is 1. The summed E-state index contributed by atoms with van der Waals surface area (Å²) in [6, 6.07) is 7.46. The van der Waals surface area contributed by atoms with Crippen molar-refractivity contribution in [2.24, 2.45) is 0 Å². The van der Waals surface area contributed by atoms with Crippen molar-refractivity contribution in [2.45, 2.75) is 10.7 Å². The molecule has 1 heterocycles. The van der Waals surface area contributed by atoms with Gasteiger partial charge in [-0.05, 0) is 24.3 Å². The first-order valence-electron chi connectivity index (χ1n) is 5.98. The van der Waals surface area contributed by atoms with Crippen LogP contribution in [0.25, 0.3) is 0 Å². The third-order valence-electron chi connectivity index (χ3n) is 2.70. The van der Waals surface area contributed by atoms with Gasteiger partial charge in [-0.2, -0.15) is 8.78 Å². The Morgan fingerprint density at radius 3 is 2.43 bits per heavy atom. The number of carbonyl (C=O) groups is 1. The van der Waals surface area contributed by atoms with E-state index in [1.807, 2.05) is 0 Å². The number of amides is 1. The van der Waals surface area contributed by atoms with Gasteiger partial charge in [0.1, 0.15) is 10.8 Å². The average molecular weight is 381 g/mol. The van der Waals surface area contributed by atoms with Crippen LogP contribution in [0.5, 0.6) is 0 Å². The second-order valence-corrected chi connectivity index (χ2v) is 6.90. The molecule has 1 N–H and O–H groups in total. The Morgan fingerprint density at radius 2 is 1.78 bits per heavy atom. The largest absolute Gasteiger partial charge is 0.341 e. The Bertz CT molecular complexity index is 860. The Hall–Kier alpha value is -1.77. The topological polar surface area (TPSA) is 76.1 Å². The number of hydrogen-bond donors (Lipinski definition) is 1. The smallest absolute Gasteiger partial charge is 0.319 e. The predicted molar refractivity (Wildman–Crippen MR) is 81.8 cm³/mol. The van der Waals surface area contributed by atoms with E-state index in [-0.39, 0.29) is 21.6 Å². The van der Waals surface area contributed by atoms with Gasteiger partial charge >= 0.3 is 5.76 Å². The van der Waals surface area contributed by atoms with Crippen LogP contribution in [0.2, 0.25) is 10.2 Å². The van der Waals surface area contributed by atoms with Crippen molar-refractivity contribution in [3.8, 4) is 0 Å². The summed E-state index contributed by atoms with van der Waals surface area (Å²) >= 11 is 11.5. The van der Waals surface area contributed by atoms with Gasteiger partial charge in [-0.1, -0.05) is 35.3 Å². The first-order valence-corrected chi connectivity index (χ1v) is 8.28. The van der Waals surface area contributed by atoms with E-state index in [4.69, 9.17) is 23.2 Å². The minimum Gasteiger partial charge on any atom is -0.319 e. The van der Waals surface area contributed by atoms with Crippen LogP contribution in [-0.2, 0) is 9.84 Å². The van der Waals surface area contributed by atoms with Crippen molar-refractivity contribution in [1.29, 1.82) is 0 Å². The van der Waals surface area contributed by atoms with Crippen molar-refractivity contribution in [3.05, 3.63) is 52.3 Å². The highest BCUT2D eigenvalue weighted by molar-refractivity contribution is 7.91. The van der Waals surface area contributed by atoms with E-state index in [2.05, 4.69) is 10.3 Å². The highest BCUT2D eigenvalue weighted by atomic mass is 35.5. The molecule has 0 atom stereocenters. The zero-order valence-electron chi connectivity index (χ0n) is 11.1. The zero-order chi connectivity index (χ0) is 17.2. The maximum Gasteiger partial charge on any atom is 0.341 e. The van der Waals surface area contributed by atoms with Gasteiger partial charge in [-0.25, -0.2) is 13.4 Å². The molecular formula is C13H8Cl2F2N2O3S. The molecule has 10 heteroatoms. The number of aromatic nitrogens is 1. The number of anilines is 1. The number of alkyl halides is 2. The lowest BCUT2D eigenvalue weighted by molar-refractivity contribution is 0.102. The van der Waals surface area contributed by atoms with Gasteiger partial charge in [0.15, 0.2) is 0 Å². The van der Waals surface area contributed by atoms with E-state index in [9.17, 15) is 22.0 Å². The number of halogens is 4. The number of para-hydroxylation sites is 1. The molecule has 5 nitrogen and oxygen atoms in total. The first-order chi connectivity index (χ1) is 10.7. The summed E-state index contributed by atoms with van der Waals surface area (Å²) in [5, 5.41) is 2.17. The molecule has 1 amide bonds. The summed E-state index contributed by atoms with van der Waals surface area (Å²) in [6.07, 6.45) is 0. The first kappa shape index (κ1) is 17.6. The standard InChI is InChI=1S/C13H8Cl2F2N2O3S/c14-7-5-6-10(15)19-11(7)12(20)18-8-3-1-2-4-9(8)23(21,22)13(16)17/h1-6,13H,(H,18,20). The summed E-state index contributed by atoms with van der Waals surface area (Å²) < 4.78 is 48.7. The van der Waals surface area contributed by atoms with Crippen LogP contribution >= 0.6 is 23.2 Å². The van der Waals surface area contributed by atoms with Crippen molar-refractivity contribution in [1.82, 2.24) is 4.98 Å². The second kappa shape index (κ2) is 6.77. The third kappa shape index (κ3) is 3.77. The fourth-order valence-electron chi connectivity index (χ4n) is 1.67. The van der Waals surface area contributed by atoms with E-state index in [0.29, 0.717) is 0 Å². The quantitative estimate of drug-likeness (QED) is 0.821. The molecule has 122 valence electrons. The molecule has 0 bridgehead atoms. The molecule has 2 rings (SSSR count). The van der Waals surface area contributed by atoms with Gasteiger partial charge in [-0.15, -0.1) is 0 Å². The SMILES string of the molecule is O=C(Nc1ccccc1S(=O)(=O)C(F)F)c1nc(Cl)ccc1Cl. The number of nitrogens with one attached hydrogen (secondary N) is 1. The minimum absolute atomic E-state index is 0.00645. The Kier molecular flexibility index (Phi) is 5.18. The van der Waals surface area contributed by atoms with Gasteiger partial charge in [0.25, 0.3) is 5.91 Å². The number of benzene rings is 1. The van der Waals surface area contributed by atoms with Crippen molar-refractivity contribution < 1.29 is 22.0 Å². The van der Waals surface area contributed by atoms with E-state index in [0.717, 1.165) is 6.07 Å². The van der Waals surface area contributed by atoms with Crippen molar-refractivity contribution >= 4 is 44.6 Å². The number of carbonyl (C=O) groups excluding carboxylic acids is 1. The van der Waals surface area contributed by atoms with Crippen LogP contribution in [0.3, 0.4) is 0 Å². The maximum atomic E-state index is 12.7. The number of nitrogens with zero attached hydrogens (tertiary/aromatic N) is 1. The second-order valence-electron chi connectivity index (χ2n) is 4.22. The molecule has 0 fully saturated rings. The van der Waals surface area contributed by atoms with Crippen LogP contribution in [0.1, 0.15) is 10.5 Å². The van der Waals surface area contributed by atoms with Gasteiger partial charge < -0.3 is 5.32 Å². The van der Waals surface area contributed by atoms with Gasteiger partial charge in [0, 0.05) is 0 Å². The van der Waals surface area contributed by atoms with E-state index in [1.165, 1.54) is 30.3 Å². The van der Waals surface area contributed by atoms with Crippen LogP contribution in [-0.4, -0.2) is 25.1 Å². The van der Waals surface area contributed by atoms with E-state index < -0.39 is 26.4 Å². The molecule has 0 unspecified atom stereocenters. The maximum absolute atomic E-state index is 12.7. The molecule has 23 heavy (non-hydrogen) atoms. The Labute approximate surface area is 140 Å². The zero-order valence-corrected chi connectivity index (χ0v) is 13.5. The normalized spacial score (nSPS) is 11.5. The summed E-state index contributed by atoms with van der Waals surface area (Å²) in [5.74, 6) is -4.50. The number of pyridine rings is 1. The summed E-state index contributed by atoms with van der Waals surface area (Å²) in [6.45, 7) is 0.